The molecule has 0 aromatic heterocycles. The van der Waals surface area contributed by atoms with E-state index in [0.717, 1.165) is 6.07 Å². The Labute approximate surface area is 92.6 Å². The molecule has 0 heterocycles. The molecule has 1 aromatic rings. The maximum Gasteiger partial charge on any atom is 0.343 e. The van der Waals surface area contributed by atoms with Gasteiger partial charge in [0.05, 0.1) is 0 Å². The highest BCUT2D eigenvalue weighted by Crippen LogP contribution is 2.43. The quantitative estimate of drug-likeness (QED) is 0.432. The van der Waals surface area contributed by atoms with Gasteiger partial charge < -0.3 is 20.4 Å². The van der Waals surface area contributed by atoms with Crippen LogP contribution in [0.15, 0.2) is 6.07 Å². The summed E-state index contributed by atoms with van der Waals surface area (Å²) < 4.78 is 0. The molecule has 88 valence electrons. The van der Waals surface area contributed by atoms with Gasteiger partial charge in [-0.05, 0) is 11.5 Å². The number of carboxylic acids is 1. The van der Waals surface area contributed by atoms with E-state index in [-0.39, 0.29) is 5.56 Å². The van der Waals surface area contributed by atoms with Gasteiger partial charge in [-0.3, -0.25) is 0 Å². The maximum atomic E-state index is 10.7. The number of rotatable bonds is 1. The van der Waals surface area contributed by atoms with Crippen LogP contribution in [0.1, 0.15) is 36.7 Å². The van der Waals surface area contributed by atoms with E-state index in [2.05, 4.69) is 0 Å². The molecule has 0 amide bonds. The number of carboxylic acid groups (broad SMARTS) is 1. The minimum Gasteiger partial charge on any atom is -0.507 e. The summed E-state index contributed by atoms with van der Waals surface area (Å²) >= 11 is 0. The second-order valence-corrected chi connectivity index (χ2v) is 4.57. The highest BCUT2D eigenvalue weighted by atomic mass is 16.4. The van der Waals surface area contributed by atoms with Gasteiger partial charge in [0.15, 0.2) is 11.5 Å². The zero-order valence-corrected chi connectivity index (χ0v) is 9.27. The van der Waals surface area contributed by atoms with E-state index in [1.165, 1.54) is 0 Å². The first kappa shape index (κ1) is 12.2. The highest BCUT2D eigenvalue weighted by Gasteiger charge is 2.27. The van der Waals surface area contributed by atoms with Crippen molar-refractivity contribution in [1.29, 1.82) is 0 Å². The molecule has 0 aliphatic carbocycles. The van der Waals surface area contributed by atoms with E-state index in [0.29, 0.717) is 0 Å². The van der Waals surface area contributed by atoms with Crippen molar-refractivity contribution in [2.45, 2.75) is 26.2 Å². The molecule has 0 aliphatic heterocycles. The first-order chi connectivity index (χ1) is 7.16. The lowest BCUT2D eigenvalue weighted by Gasteiger charge is -2.21. The largest absolute Gasteiger partial charge is 0.507 e. The van der Waals surface area contributed by atoms with Crippen molar-refractivity contribution in [3.8, 4) is 17.2 Å². The number of hydrogen-bond donors (Lipinski definition) is 4. The van der Waals surface area contributed by atoms with Crippen LogP contribution < -0.4 is 0 Å². The number of aromatic hydroxyl groups is 3. The molecule has 0 radical (unpaired) electrons. The van der Waals surface area contributed by atoms with E-state index < -0.39 is 34.2 Å². The molecule has 0 fully saturated rings. The first-order valence-electron chi connectivity index (χ1n) is 4.68. The molecule has 0 saturated heterocycles. The lowest BCUT2D eigenvalue weighted by atomic mass is 9.85. The van der Waals surface area contributed by atoms with Gasteiger partial charge in [-0.1, -0.05) is 20.8 Å². The van der Waals surface area contributed by atoms with Gasteiger partial charge in [-0.25, -0.2) is 4.79 Å². The van der Waals surface area contributed by atoms with E-state index in [1.807, 2.05) is 0 Å². The number of carbonyl (C=O) groups is 1. The van der Waals surface area contributed by atoms with Crippen LogP contribution in [0.2, 0.25) is 0 Å². The Morgan fingerprint density at radius 3 is 2.00 bits per heavy atom. The topological polar surface area (TPSA) is 98.0 Å². The van der Waals surface area contributed by atoms with Crippen LogP contribution in [-0.4, -0.2) is 26.4 Å². The zero-order chi connectivity index (χ0) is 12.7. The number of aromatic carboxylic acids is 1. The third-order valence-corrected chi connectivity index (χ3v) is 2.28. The molecule has 0 saturated carbocycles. The van der Waals surface area contributed by atoms with Crippen LogP contribution in [0, 0.1) is 0 Å². The lowest BCUT2D eigenvalue weighted by Crippen LogP contribution is -2.12. The van der Waals surface area contributed by atoms with E-state index in [4.69, 9.17) is 5.11 Å². The molecular weight excluding hydrogens is 212 g/mol. The summed E-state index contributed by atoms with van der Waals surface area (Å²) in [4.78, 5) is 10.7. The molecule has 1 rings (SSSR count). The second-order valence-electron chi connectivity index (χ2n) is 4.57. The van der Waals surface area contributed by atoms with E-state index >= 15 is 0 Å². The van der Waals surface area contributed by atoms with Crippen LogP contribution in [0.4, 0.5) is 0 Å². The van der Waals surface area contributed by atoms with Gasteiger partial charge in [0.1, 0.15) is 11.3 Å². The number of benzene rings is 1. The molecule has 0 unspecified atom stereocenters. The van der Waals surface area contributed by atoms with Gasteiger partial charge in [0.25, 0.3) is 0 Å². The van der Waals surface area contributed by atoms with Crippen LogP contribution in [0.25, 0.3) is 0 Å². The summed E-state index contributed by atoms with van der Waals surface area (Å²) in [6, 6.07) is 1.15. The molecule has 4 N–H and O–H groups in total. The Bertz CT molecular complexity index is 443. The normalized spacial score (nSPS) is 11.4. The average Bonchev–Trinajstić information content (AvgIpc) is 2.09. The Morgan fingerprint density at radius 2 is 1.62 bits per heavy atom. The molecule has 0 spiro atoms. The smallest absolute Gasteiger partial charge is 0.343 e. The fourth-order valence-electron chi connectivity index (χ4n) is 1.43. The van der Waals surface area contributed by atoms with Crippen molar-refractivity contribution in [3.05, 3.63) is 17.2 Å². The number of hydrogen-bond acceptors (Lipinski definition) is 4. The summed E-state index contributed by atoms with van der Waals surface area (Å²) in [5.74, 6) is -3.38. The van der Waals surface area contributed by atoms with Crippen molar-refractivity contribution < 1.29 is 25.2 Å². The molecule has 5 nitrogen and oxygen atoms in total. The van der Waals surface area contributed by atoms with Gasteiger partial charge in [0, 0.05) is 5.56 Å². The summed E-state index contributed by atoms with van der Waals surface area (Å²) in [6.45, 7) is 5.30. The number of phenolic OH excluding ortho intramolecular Hbond substituents is 1. The molecule has 5 heteroatoms. The average molecular weight is 226 g/mol. The maximum absolute atomic E-state index is 10.7. The highest BCUT2D eigenvalue weighted by molar-refractivity contribution is 5.95. The summed E-state index contributed by atoms with van der Waals surface area (Å²) in [5.41, 5.74) is -0.922. The van der Waals surface area contributed by atoms with E-state index in [1.54, 1.807) is 20.8 Å². The third-order valence-electron chi connectivity index (χ3n) is 2.28. The van der Waals surface area contributed by atoms with Gasteiger partial charge in [-0.2, -0.15) is 0 Å². The minimum atomic E-state index is -1.49. The fraction of sp³-hybridized carbons (Fsp3) is 0.364. The van der Waals surface area contributed by atoms with Crippen molar-refractivity contribution in [2.24, 2.45) is 0 Å². The summed E-state index contributed by atoms with van der Waals surface area (Å²) in [5, 5.41) is 37.4. The first-order valence-corrected chi connectivity index (χ1v) is 4.68. The predicted molar refractivity (Wildman–Crippen MR) is 57.1 cm³/mol. The molecule has 0 atom stereocenters. The Hall–Kier alpha value is -1.91. The molecular formula is C11H14O5. The molecule has 16 heavy (non-hydrogen) atoms. The molecule has 1 aromatic carbocycles. The lowest BCUT2D eigenvalue weighted by molar-refractivity contribution is 0.0689. The van der Waals surface area contributed by atoms with Crippen molar-refractivity contribution >= 4 is 5.97 Å². The predicted octanol–water partition coefficient (Wildman–Crippen LogP) is 1.80. The SMILES string of the molecule is CC(C)(C)c1cc(O)c(C(=O)O)c(O)c1O. The molecule has 0 aliphatic rings. The molecule has 0 bridgehead atoms. The van der Waals surface area contributed by atoms with Crippen molar-refractivity contribution in [3.63, 3.8) is 0 Å². The van der Waals surface area contributed by atoms with Crippen LogP contribution >= 0.6 is 0 Å². The Kier molecular flexibility index (Phi) is 2.73. The third kappa shape index (κ3) is 1.88. The van der Waals surface area contributed by atoms with Gasteiger partial charge in [-0.15, -0.1) is 0 Å². The Morgan fingerprint density at radius 1 is 1.12 bits per heavy atom. The van der Waals surface area contributed by atoms with Crippen molar-refractivity contribution in [2.75, 3.05) is 0 Å². The monoisotopic (exact) mass is 226 g/mol. The van der Waals surface area contributed by atoms with Gasteiger partial charge >= 0.3 is 5.97 Å². The van der Waals surface area contributed by atoms with Crippen molar-refractivity contribution in [1.82, 2.24) is 0 Å². The van der Waals surface area contributed by atoms with Crippen LogP contribution in [-0.2, 0) is 5.41 Å². The number of phenols is 3. The van der Waals surface area contributed by atoms with Gasteiger partial charge in [0.2, 0.25) is 0 Å². The Balaban J connectivity index is 3.58. The van der Waals surface area contributed by atoms with Crippen LogP contribution in [0.5, 0.6) is 17.2 Å². The summed E-state index contributed by atoms with van der Waals surface area (Å²) in [7, 11) is 0. The van der Waals surface area contributed by atoms with Crippen LogP contribution in [0.3, 0.4) is 0 Å². The fourth-order valence-corrected chi connectivity index (χ4v) is 1.43. The standard InChI is InChI=1S/C11H14O5/c1-11(2,3)5-4-6(12)7(10(15)16)9(14)8(5)13/h4,12-14H,1-3H3,(H,15,16). The second kappa shape index (κ2) is 3.59. The van der Waals surface area contributed by atoms with E-state index in [9.17, 15) is 20.1 Å². The summed E-state index contributed by atoms with van der Waals surface area (Å²) in [6.07, 6.45) is 0. The zero-order valence-electron chi connectivity index (χ0n) is 9.27. The minimum absolute atomic E-state index is 0.285.